The molecular weight excluding hydrogens is 293 g/mol. The fourth-order valence-corrected chi connectivity index (χ4v) is 1.61. The average Bonchev–Trinajstić information content (AvgIpc) is 2.36. The molecule has 2 atom stereocenters. The Balaban J connectivity index is 2.91. The van der Waals surface area contributed by atoms with Crippen molar-refractivity contribution in [3.05, 3.63) is 17.5 Å². The van der Waals surface area contributed by atoms with E-state index in [1.165, 1.54) is 6.92 Å². The lowest BCUT2D eigenvalue weighted by Crippen LogP contribution is -2.29. The van der Waals surface area contributed by atoms with Crippen molar-refractivity contribution in [2.24, 2.45) is 0 Å². The van der Waals surface area contributed by atoms with Gasteiger partial charge >= 0.3 is 6.18 Å². The number of alkyl halides is 3. The Kier molecular flexibility index (Phi) is 5.44. The SMILES string of the molecule is CC(=O)NCCC(O)C(O)c1cnc(N)nc1C(F)(F)F. The number of hydrogen-bond donors (Lipinski definition) is 4. The third kappa shape index (κ3) is 4.83. The summed E-state index contributed by atoms with van der Waals surface area (Å²) in [6, 6.07) is 0. The van der Waals surface area contributed by atoms with Crippen molar-refractivity contribution in [2.75, 3.05) is 12.3 Å². The minimum Gasteiger partial charge on any atom is -0.390 e. The van der Waals surface area contributed by atoms with Crippen molar-refractivity contribution in [3.63, 3.8) is 0 Å². The second-order valence-corrected chi connectivity index (χ2v) is 4.31. The number of hydrogen-bond acceptors (Lipinski definition) is 6. The highest BCUT2D eigenvalue weighted by Crippen LogP contribution is 2.34. The minimum absolute atomic E-state index is 0.00470. The molecule has 0 fully saturated rings. The van der Waals surface area contributed by atoms with Gasteiger partial charge in [0.1, 0.15) is 6.10 Å². The van der Waals surface area contributed by atoms with Gasteiger partial charge in [-0.05, 0) is 6.42 Å². The molecule has 0 aliphatic rings. The Labute approximate surface area is 118 Å². The van der Waals surface area contributed by atoms with Crippen LogP contribution in [0.1, 0.15) is 30.7 Å². The van der Waals surface area contributed by atoms with Crippen LogP contribution < -0.4 is 11.1 Å². The number of aliphatic hydroxyl groups excluding tert-OH is 2. The van der Waals surface area contributed by atoms with E-state index in [2.05, 4.69) is 15.3 Å². The van der Waals surface area contributed by atoms with Gasteiger partial charge in [0.15, 0.2) is 5.69 Å². The number of nitrogens with two attached hydrogens (primary N) is 1. The maximum Gasteiger partial charge on any atom is 0.433 e. The fraction of sp³-hybridized carbons (Fsp3) is 0.545. The summed E-state index contributed by atoms with van der Waals surface area (Å²) in [5.74, 6) is -0.950. The summed E-state index contributed by atoms with van der Waals surface area (Å²) in [6.45, 7) is 1.25. The molecule has 21 heavy (non-hydrogen) atoms. The quantitative estimate of drug-likeness (QED) is 0.607. The summed E-state index contributed by atoms with van der Waals surface area (Å²) >= 11 is 0. The topological polar surface area (TPSA) is 121 Å². The Morgan fingerprint density at radius 1 is 1.48 bits per heavy atom. The number of nitrogen functional groups attached to an aromatic ring is 1. The van der Waals surface area contributed by atoms with Crippen LogP contribution in [0.3, 0.4) is 0 Å². The van der Waals surface area contributed by atoms with Crippen LogP contribution in [0.25, 0.3) is 0 Å². The number of amides is 1. The monoisotopic (exact) mass is 308 g/mol. The van der Waals surface area contributed by atoms with Gasteiger partial charge in [-0.2, -0.15) is 13.2 Å². The highest BCUT2D eigenvalue weighted by molar-refractivity contribution is 5.72. The average molecular weight is 308 g/mol. The zero-order valence-corrected chi connectivity index (χ0v) is 11.1. The molecule has 0 saturated carbocycles. The fourth-order valence-electron chi connectivity index (χ4n) is 1.61. The number of carbonyl (C=O) groups is 1. The van der Waals surface area contributed by atoms with Gasteiger partial charge in [0.05, 0.1) is 6.10 Å². The molecule has 5 N–H and O–H groups in total. The number of nitrogens with one attached hydrogen (secondary N) is 1. The van der Waals surface area contributed by atoms with Crippen molar-refractivity contribution in [2.45, 2.75) is 31.7 Å². The Morgan fingerprint density at radius 3 is 2.62 bits per heavy atom. The number of nitrogens with zero attached hydrogens (tertiary/aromatic N) is 2. The molecule has 1 aromatic heterocycles. The second kappa shape index (κ2) is 6.68. The number of carbonyl (C=O) groups excluding carboxylic acids is 1. The summed E-state index contributed by atoms with van der Waals surface area (Å²) in [5, 5.41) is 21.8. The van der Waals surface area contributed by atoms with Crippen LogP contribution in [0, 0.1) is 0 Å². The number of aliphatic hydroxyl groups is 2. The molecule has 7 nitrogen and oxygen atoms in total. The highest BCUT2D eigenvalue weighted by Gasteiger charge is 2.39. The van der Waals surface area contributed by atoms with Crippen molar-refractivity contribution in [1.82, 2.24) is 15.3 Å². The molecule has 0 spiro atoms. The number of rotatable bonds is 5. The van der Waals surface area contributed by atoms with Crippen LogP contribution in [0.5, 0.6) is 0 Å². The van der Waals surface area contributed by atoms with Gasteiger partial charge in [-0.25, -0.2) is 9.97 Å². The van der Waals surface area contributed by atoms with Gasteiger partial charge in [0, 0.05) is 25.2 Å². The molecule has 0 aliphatic heterocycles. The Hall–Kier alpha value is -1.94. The first-order chi connectivity index (χ1) is 9.62. The van der Waals surface area contributed by atoms with Crippen LogP contribution in [-0.4, -0.2) is 38.7 Å². The van der Waals surface area contributed by atoms with Crippen molar-refractivity contribution < 1.29 is 28.2 Å². The predicted octanol–water partition coefficient (Wildman–Crippen LogP) is -0.00190. The molecule has 0 bridgehead atoms. The largest absolute Gasteiger partial charge is 0.433 e. The zero-order chi connectivity index (χ0) is 16.2. The third-order valence-electron chi connectivity index (χ3n) is 2.60. The number of anilines is 1. The second-order valence-electron chi connectivity index (χ2n) is 4.31. The molecule has 10 heteroatoms. The van der Waals surface area contributed by atoms with Gasteiger partial charge in [-0.15, -0.1) is 0 Å². The molecule has 0 saturated heterocycles. The summed E-state index contributed by atoms with van der Waals surface area (Å²) in [5.41, 5.74) is 3.02. The van der Waals surface area contributed by atoms with E-state index in [1.807, 2.05) is 0 Å². The first-order valence-corrected chi connectivity index (χ1v) is 5.93. The molecular formula is C11H15F3N4O3. The Morgan fingerprint density at radius 2 is 2.10 bits per heavy atom. The van der Waals surface area contributed by atoms with Gasteiger partial charge in [-0.1, -0.05) is 0 Å². The van der Waals surface area contributed by atoms with Gasteiger partial charge < -0.3 is 21.3 Å². The predicted molar refractivity (Wildman–Crippen MR) is 65.7 cm³/mol. The standard InChI is InChI=1S/C11H15F3N4O3/c1-5(19)16-3-2-7(20)8(21)6-4-17-10(15)18-9(6)11(12,13)14/h4,7-8,20-21H,2-3H2,1H3,(H,16,19)(H2,15,17,18). The van der Waals surface area contributed by atoms with Crippen LogP contribution >= 0.6 is 0 Å². The van der Waals surface area contributed by atoms with Gasteiger partial charge in [-0.3, -0.25) is 4.79 Å². The lowest BCUT2D eigenvalue weighted by Gasteiger charge is -2.21. The van der Waals surface area contributed by atoms with E-state index in [4.69, 9.17) is 5.73 Å². The smallest absolute Gasteiger partial charge is 0.390 e. The van der Waals surface area contributed by atoms with E-state index >= 15 is 0 Å². The molecule has 0 radical (unpaired) electrons. The van der Waals surface area contributed by atoms with Crippen molar-refractivity contribution in [3.8, 4) is 0 Å². The van der Waals surface area contributed by atoms with E-state index < -0.39 is 35.6 Å². The summed E-state index contributed by atoms with van der Waals surface area (Å²) < 4.78 is 38.4. The molecule has 1 rings (SSSR count). The van der Waals surface area contributed by atoms with Gasteiger partial charge in [0.25, 0.3) is 0 Å². The number of aromatic nitrogens is 2. The first kappa shape index (κ1) is 17.1. The molecule has 0 aliphatic carbocycles. The van der Waals surface area contributed by atoms with Crippen LogP contribution in [0.15, 0.2) is 6.20 Å². The maximum atomic E-state index is 12.8. The lowest BCUT2D eigenvalue weighted by atomic mass is 10.0. The van der Waals surface area contributed by atoms with Crippen LogP contribution in [0.2, 0.25) is 0 Å². The van der Waals surface area contributed by atoms with Crippen molar-refractivity contribution in [1.29, 1.82) is 0 Å². The summed E-state index contributed by atoms with van der Waals surface area (Å²) in [6.07, 6.45) is -7.63. The first-order valence-electron chi connectivity index (χ1n) is 5.93. The molecule has 118 valence electrons. The van der Waals surface area contributed by atoms with Gasteiger partial charge in [0.2, 0.25) is 11.9 Å². The van der Waals surface area contributed by atoms with E-state index in [9.17, 15) is 28.2 Å². The molecule has 0 aromatic carbocycles. The molecule has 1 aromatic rings. The van der Waals surface area contributed by atoms with Crippen molar-refractivity contribution >= 4 is 11.9 Å². The highest BCUT2D eigenvalue weighted by atomic mass is 19.4. The normalized spacial score (nSPS) is 14.6. The van der Waals surface area contributed by atoms with E-state index in [-0.39, 0.29) is 18.9 Å². The van der Waals surface area contributed by atoms with E-state index in [0.29, 0.717) is 0 Å². The molecule has 1 heterocycles. The summed E-state index contributed by atoms with van der Waals surface area (Å²) in [7, 11) is 0. The van der Waals surface area contributed by atoms with E-state index in [0.717, 1.165) is 6.20 Å². The summed E-state index contributed by atoms with van der Waals surface area (Å²) in [4.78, 5) is 17.1. The van der Waals surface area contributed by atoms with E-state index in [1.54, 1.807) is 0 Å². The molecule has 2 unspecified atom stereocenters. The zero-order valence-electron chi connectivity index (χ0n) is 11.1. The number of halogens is 3. The molecule has 1 amide bonds. The lowest BCUT2D eigenvalue weighted by molar-refractivity contribution is -0.143. The maximum absolute atomic E-state index is 12.8. The minimum atomic E-state index is -4.84. The Bertz CT molecular complexity index is 510. The third-order valence-corrected chi connectivity index (χ3v) is 2.60. The van der Waals surface area contributed by atoms with Crippen LogP contribution in [0.4, 0.5) is 19.1 Å². The van der Waals surface area contributed by atoms with Crippen LogP contribution in [-0.2, 0) is 11.0 Å².